The molecule has 13 heavy (non-hydrogen) atoms. The molecule has 0 aliphatic heterocycles. The predicted molar refractivity (Wildman–Crippen MR) is 58.1 cm³/mol. The molecule has 2 nitrogen and oxygen atoms in total. The minimum Gasteiger partial charge on any atom is -0.512 e. The van der Waals surface area contributed by atoms with Gasteiger partial charge in [-0.05, 0) is 24.1 Å². The van der Waals surface area contributed by atoms with Crippen LogP contribution in [0, 0.1) is 0 Å². The smallest absolute Gasteiger partial charge is 0.0949 e. The Morgan fingerprint density at radius 3 is 3.15 bits per heavy atom. The lowest BCUT2D eigenvalue weighted by Crippen LogP contribution is -2.14. The molecule has 0 aliphatic rings. The van der Waals surface area contributed by atoms with Crippen LogP contribution < -0.4 is 5.32 Å². The van der Waals surface area contributed by atoms with Gasteiger partial charge in [-0.1, -0.05) is 13.0 Å². The fraction of sp³-hybridized carbons (Fsp3) is 0.400. The van der Waals surface area contributed by atoms with Crippen LogP contribution in [-0.2, 0) is 0 Å². The molecule has 0 unspecified atom stereocenters. The molecule has 1 aromatic heterocycles. The molecule has 0 aliphatic carbocycles. The molecule has 0 fully saturated rings. The summed E-state index contributed by atoms with van der Waals surface area (Å²) in [6.45, 7) is 3.84. The van der Waals surface area contributed by atoms with E-state index in [1.165, 1.54) is 0 Å². The topological polar surface area (TPSA) is 32.3 Å². The van der Waals surface area contributed by atoms with Crippen LogP contribution in [0.3, 0.4) is 0 Å². The lowest BCUT2D eigenvalue weighted by Gasteiger charge is -1.99. The molecule has 0 bridgehead atoms. The second kappa shape index (κ2) is 5.78. The lowest BCUT2D eigenvalue weighted by molar-refractivity contribution is 0.390. The highest BCUT2D eigenvalue weighted by Gasteiger charge is 1.94. The van der Waals surface area contributed by atoms with E-state index in [-0.39, 0.29) is 0 Å². The van der Waals surface area contributed by atoms with Crippen LogP contribution in [0.5, 0.6) is 0 Å². The monoisotopic (exact) mass is 197 g/mol. The van der Waals surface area contributed by atoms with Crippen molar-refractivity contribution < 1.29 is 5.11 Å². The summed E-state index contributed by atoms with van der Waals surface area (Å²) in [4.78, 5) is 1.11. The number of aliphatic hydroxyl groups is 1. The average molecular weight is 197 g/mol. The van der Waals surface area contributed by atoms with Crippen molar-refractivity contribution in [2.45, 2.75) is 13.3 Å². The first kappa shape index (κ1) is 10.3. The van der Waals surface area contributed by atoms with Crippen molar-refractivity contribution in [1.82, 2.24) is 5.32 Å². The number of nitrogens with one attached hydrogen (secondary N) is 1. The van der Waals surface area contributed by atoms with Gasteiger partial charge in [-0.25, -0.2) is 0 Å². The Bertz CT molecular complexity index is 254. The van der Waals surface area contributed by atoms with Gasteiger partial charge in [-0.3, -0.25) is 0 Å². The summed E-state index contributed by atoms with van der Waals surface area (Å²) in [6.07, 6.45) is 2.52. The highest BCUT2D eigenvalue weighted by molar-refractivity contribution is 7.10. The van der Waals surface area contributed by atoms with Crippen LogP contribution in [0.25, 0.3) is 6.08 Å². The second-order valence-electron chi connectivity index (χ2n) is 2.75. The first-order valence-corrected chi connectivity index (χ1v) is 5.34. The summed E-state index contributed by atoms with van der Waals surface area (Å²) in [6, 6.07) is 3.97. The summed E-state index contributed by atoms with van der Waals surface area (Å²) < 4.78 is 0. The third kappa shape index (κ3) is 4.10. The van der Waals surface area contributed by atoms with Crippen LogP contribution in [-0.4, -0.2) is 18.2 Å². The van der Waals surface area contributed by atoms with E-state index in [9.17, 15) is 5.11 Å². The predicted octanol–water partition coefficient (Wildman–Crippen LogP) is 2.65. The first-order chi connectivity index (χ1) is 6.33. The molecule has 0 saturated carbocycles. The van der Waals surface area contributed by atoms with E-state index in [1.54, 1.807) is 11.3 Å². The van der Waals surface area contributed by atoms with Crippen molar-refractivity contribution in [1.29, 1.82) is 0 Å². The van der Waals surface area contributed by atoms with E-state index in [0.717, 1.165) is 18.0 Å². The van der Waals surface area contributed by atoms with E-state index < -0.39 is 0 Å². The van der Waals surface area contributed by atoms with E-state index >= 15 is 0 Å². The Balaban J connectivity index is 2.34. The van der Waals surface area contributed by atoms with Gasteiger partial charge in [0.2, 0.25) is 0 Å². The average Bonchev–Trinajstić information content (AvgIpc) is 2.57. The van der Waals surface area contributed by atoms with Gasteiger partial charge in [-0.15, -0.1) is 11.3 Å². The van der Waals surface area contributed by atoms with Crippen molar-refractivity contribution in [3.05, 3.63) is 28.1 Å². The van der Waals surface area contributed by atoms with E-state index in [2.05, 4.69) is 12.2 Å². The van der Waals surface area contributed by atoms with Gasteiger partial charge in [0.25, 0.3) is 0 Å². The highest BCUT2D eigenvalue weighted by atomic mass is 32.1. The third-order valence-corrected chi connectivity index (χ3v) is 2.48. The van der Waals surface area contributed by atoms with Crippen LogP contribution >= 0.6 is 11.3 Å². The van der Waals surface area contributed by atoms with Gasteiger partial charge in [0.1, 0.15) is 0 Å². The molecule has 1 rings (SSSR count). The molecule has 3 heteroatoms. The van der Waals surface area contributed by atoms with E-state index in [4.69, 9.17) is 0 Å². The maximum absolute atomic E-state index is 9.48. The Kier molecular flexibility index (Phi) is 4.57. The molecule has 0 atom stereocenters. The summed E-state index contributed by atoms with van der Waals surface area (Å²) in [5.41, 5.74) is 0. The molecule has 72 valence electrons. The molecule has 1 heterocycles. The molecule has 0 aromatic carbocycles. The molecular formula is C10H15NOS. The molecule has 0 saturated heterocycles. The number of aliphatic hydroxyl groups excluding tert-OH is 1. The highest BCUT2D eigenvalue weighted by Crippen LogP contribution is 2.13. The summed E-state index contributed by atoms with van der Waals surface area (Å²) in [5.74, 6) is 0.448. The largest absolute Gasteiger partial charge is 0.512 e. The second-order valence-corrected chi connectivity index (χ2v) is 3.73. The van der Waals surface area contributed by atoms with Crippen LogP contribution in [0.15, 0.2) is 23.3 Å². The number of hydrogen-bond donors (Lipinski definition) is 2. The van der Waals surface area contributed by atoms with Gasteiger partial charge in [0.15, 0.2) is 0 Å². The SMILES string of the molecule is CCNCCC(O)=Cc1cccs1. The van der Waals surface area contributed by atoms with Gasteiger partial charge in [-0.2, -0.15) is 0 Å². The van der Waals surface area contributed by atoms with Crippen molar-refractivity contribution in [3.63, 3.8) is 0 Å². The Morgan fingerprint density at radius 1 is 1.69 bits per heavy atom. The zero-order valence-corrected chi connectivity index (χ0v) is 8.60. The van der Waals surface area contributed by atoms with Crippen molar-refractivity contribution in [2.24, 2.45) is 0 Å². The third-order valence-electron chi connectivity index (χ3n) is 1.66. The summed E-state index contributed by atoms with van der Waals surface area (Å²) in [5, 5.41) is 14.6. The molecule has 1 aromatic rings. The first-order valence-electron chi connectivity index (χ1n) is 4.46. The standard InChI is InChI=1S/C10H15NOS/c1-2-11-6-5-9(12)8-10-4-3-7-13-10/h3-4,7-8,11-12H,2,5-6H2,1H3. The van der Waals surface area contributed by atoms with Crippen molar-refractivity contribution >= 4 is 17.4 Å². The zero-order chi connectivity index (χ0) is 9.52. The maximum atomic E-state index is 9.48. The number of thiophene rings is 1. The normalized spacial score (nSPS) is 11.9. The molecule has 0 amide bonds. The fourth-order valence-electron chi connectivity index (χ4n) is 1.00. The van der Waals surface area contributed by atoms with Crippen molar-refractivity contribution in [2.75, 3.05) is 13.1 Å². The minimum absolute atomic E-state index is 0.448. The van der Waals surface area contributed by atoms with E-state index in [0.29, 0.717) is 12.2 Å². The molecular weight excluding hydrogens is 182 g/mol. The number of rotatable bonds is 5. The molecule has 0 spiro atoms. The van der Waals surface area contributed by atoms with Crippen LogP contribution in [0.1, 0.15) is 18.2 Å². The zero-order valence-electron chi connectivity index (χ0n) is 7.79. The van der Waals surface area contributed by atoms with Gasteiger partial charge in [0, 0.05) is 17.8 Å². The van der Waals surface area contributed by atoms with Crippen LogP contribution in [0.2, 0.25) is 0 Å². The van der Waals surface area contributed by atoms with E-state index in [1.807, 2.05) is 23.6 Å². The Labute approximate surface area is 82.9 Å². The van der Waals surface area contributed by atoms with Gasteiger partial charge < -0.3 is 10.4 Å². The Hall–Kier alpha value is -0.800. The Morgan fingerprint density at radius 2 is 2.54 bits per heavy atom. The molecule has 2 N–H and O–H groups in total. The van der Waals surface area contributed by atoms with Crippen LogP contribution in [0.4, 0.5) is 0 Å². The van der Waals surface area contributed by atoms with Crippen molar-refractivity contribution in [3.8, 4) is 0 Å². The quantitative estimate of drug-likeness (QED) is 0.562. The summed E-state index contributed by atoms with van der Waals surface area (Å²) >= 11 is 1.63. The fourth-order valence-corrected chi connectivity index (χ4v) is 1.68. The molecule has 0 radical (unpaired) electrons. The summed E-state index contributed by atoms with van der Waals surface area (Å²) in [7, 11) is 0. The minimum atomic E-state index is 0.448. The number of hydrogen-bond acceptors (Lipinski definition) is 3. The lowest BCUT2D eigenvalue weighted by atomic mass is 10.3. The maximum Gasteiger partial charge on any atom is 0.0949 e. The van der Waals surface area contributed by atoms with Gasteiger partial charge in [0.05, 0.1) is 5.76 Å². The van der Waals surface area contributed by atoms with Gasteiger partial charge >= 0.3 is 0 Å².